The molecule has 1 saturated heterocycles. The molecule has 3 heteroatoms. The minimum atomic E-state index is -0.348. The van der Waals surface area contributed by atoms with Crippen LogP contribution in [0.25, 0.3) is 0 Å². The smallest absolute Gasteiger partial charge is 0.303 e. The number of hydrogen-bond donors (Lipinski definition) is 0. The molecule has 1 heterocycles. The van der Waals surface area contributed by atoms with E-state index in [4.69, 9.17) is 9.47 Å². The molecule has 0 radical (unpaired) electrons. The molecule has 2 aliphatic rings. The first kappa shape index (κ1) is 15.1. The molecule has 3 unspecified atom stereocenters. The van der Waals surface area contributed by atoms with Gasteiger partial charge in [-0.15, -0.1) is 0 Å². The van der Waals surface area contributed by atoms with Gasteiger partial charge >= 0.3 is 5.97 Å². The van der Waals surface area contributed by atoms with E-state index in [1.165, 1.54) is 25.3 Å². The van der Waals surface area contributed by atoms with Gasteiger partial charge in [-0.25, -0.2) is 0 Å². The van der Waals surface area contributed by atoms with Gasteiger partial charge in [0.25, 0.3) is 0 Å². The zero-order chi connectivity index (χ0) is 15.4. The second-order valence-electron chi connectivity index (χ2n) is 6.13. The number of benzene rings is 1. The Morgan fingerprint density at radius 3 is 2.95 bits per heavy atom. The summed E-state index contributed by atoms with van der Waals surface area (Å²) in [7, 11) is 0. The normalized spacial score (nSPS) is 27.0. The number of aryl methyl sites for hydroxylation is 1. The van der Waals surface area contributed by atoms with Crippen molar-refractivity contribution >= 4 is 5.97 Å². The van der Waals surface area contributed by atoms with Crippen LogP contribution in [-0.2, 0) is 20.7 Å². The molecule has 0 N–H and O–H groups in total. The minimum absolute atomic E-state index is 0.233. The van der Waals surface area contributed by atoms with Crippen LogP contribution in [0.15, 0.2) is 30.3 Å². The lowest BCUT2D eigenvalue weighted by Gasteiger charge is -2.13. The number of ether oxygens (including phenoxy) is 2. The second-order valence-corrected chi connectivity index (χ2v) is 6.13. The van der Waals surface area contributed by atoms with Crippen molar-refractivity contribution in [2.24, 2.45) is 0 Å². The van der Waals surface area contributed by atoms with Gasteiger partial charge in [-0.3, -0.25) is 4.79 Å². The van der Waals surface area contributed by atoms with Crippen molar-refractivity contribution in [1.82, 2.24) is 0 Å². The summed E-state index contributed by atoms with van der Waals surface area (Å²) in [4.78, 5) is 11.3. The molecule has 0 amide bonds. The number of esters is 1. The van der Waals surface area contributed by atoms with Crippen molar-refractivity contribution < 1.29 is 14.3 Å². The third-order valence-corrected chi connectivity index (χ3v) is 4.37. The monoisotopic (exact) mass is 298 g/mol. The van der Waals surface area contributed by atoms with Crippen LogP contribution in [0.1, 0.15) is 44.6 Å². The van der Waals surface area contributed by atoms with Crippen LogP contribution in [0.4, 0.5) is 0 Å². The highest BCUT2D eigenvalue weighted by Crippen LogP contribution is 2.47. The quantitative estimate of drug-likeness (QED) is 0.486. The summed E-state index contributed by atoms with van der Waals surface area (Å²) in [5, 5.41) is 0. The fourth-order valence-electron chi connectivity index (χ4n) is 3.13. The standard InChI is InChI=1S/C19H22O3/c1-15(20)21-17(11-10-16-7-3-2-4-8-16)12-14-19-13-6-5-9-18(19)22-19/h2-4,7-8,17-18H,5-6,9-11,13H2,1H3. The summed E-state index contributed by atoms with van der Waals surface area (Å²) < 4.78 is 11.1. The molecule has 22 heavy (non-hydrogen) atoms. The molecule has 3 rings (SSSR count). The van der Waals surface area contributed by atoms with Gasteiger partial charge in [-0.1, -0.05) is 48.6 Å². The van der Waals surface area contributed by atoms with E-state index in [0.29, 0.717) is 6.10 Å². The lowest BCUT2D eigenvalue weighted by Crippen LogP contribution is -2.20. The maximum absolute atomic E-state index is 11.3. The lowest BCUT2D eigenvalue weighted by atomic mass is 9.89. The van der Waals surface area contributed by atoms with E-state index in [1.54, 1.807) is 0 Å². The Hall–Kier alpha value is -1.79. The number of carbonyl (C=O) groups is 1. The van der Waals surface area contributed by atoms with Crippen molar-refractivity contribution in [1.29, 1.82) is 0 Å². The summed E-state index contributed by atoms with van der Waals surface area (Å²) >= 11 is 0. The Balaban J connectivity index is 1.62. The molecule has 2 fully saturated rings. The highest BCUT2D eigenvalue weighted by Gasteiger charge is 2.56. The van der Waals surface area contributed by atoms with Gasteiger partial charge in [0.05, 0.1) is 6.10 Å². The number of rotatable bonds is 4. The molecule has 116 valence electrons. The van der Waals surface area contributed by atoms with Crippen LogP contribution in [-0.4, -0.2) is 23.8 Å². The predicted molar refractivity (Wildman–Crippen MR) is 84.2 cm³/mol. The average molecular weight is 298 g/mol. The molecule has 1 aromatic rings. The Kier molecular flexibility index (Phi) is 4.49. The number of hydrogen-bond acceptors (Lipinski definition) is 3. The van der Waals surface area contributed by atoms with Gasteiger partial charge in [0, 0.05) is 6.92 Å². The Morgan fingerprint density at radius 2 is 2.23 bits per heavy atom. The topological polar surface area (TPSA) is 38.8 Å². The Bertz CT molecular complexity index is 584. The van der Waals surface area contributed by atoms with Gasteiger partial charge in [0.15, 0.2) is 11.7 Å². The van der Waals surface area contributed by atoms with Crippen molar-refractivity contribution in [2.75, 3.05) is 0 Å². The maximum Gasteiger partial charge on any atom is 0.303 e. The minimum Gasteiger partial charge on any atom is -0.449 e. The summed E-state index contributed by atoms with van der Waals surface area (Å²) in [6, 6.07) is 10.2. The zero-order valence-corrected chi connectivity index (χ0v) is 13.0. The molecule has 1 aromatic carbocycles. The highest BCUT2D eigenvalue weighted by atomic mass is 16.6. The first-order chi connectivity index (χ1) is 10.7. The molecular formula is C19H22O3. The van der Waals surface area contributed by atoms with Crippen LogP contribution < -0.4 is 0 Å². The van der Waals surface area contributed by atoms with Crippen LogP contribution in [0.3, 0.4) is 0 Å². The number of fused-ring (bicyclic) bond motifs is 1. The van der Waals surface area contributed by atoms with Gasteiger partial charge in [0.1, 0.15) is 0 Å². The fourth-order valence-corrected chi connectivity index (χ4v) is 3.13. The van der Waals surface area contributed by atoms with Crippen LogP contribution >= 0.6 is 0 Å². The summed E-state index contributed by atoms with van der Waals surface area (Å²) in [6.07, 6.45) is 6.05. The van der Waals surface area contributed by atoms with Gasteiger partial charge in [-0.2, -0.15) is 0 Å². The number of epoxide rings is 1. The van der Waals surface area contributed by atoms with E-state index in [0.717, 1.165) is 25.7 Å². The zero-order valence-electron chi connectivity index (χ0n) is 13.0. The maximum atomic E-state index is 11.3. The van der Waals surface area contributed by atoms with E-state index in [-0.39, 0.29) is 17.7 Å². The molecule has 1 saturated carbocycles. The van der Waals surface area contributed by atoms with E-state index in [2.05, 4.69) is 24.0 Å². The SMILES string of the molecule is CC(=O)OC(C#CC12CCCCC1O2)CCc1ccccc1. The molecular weight excluding hydrogens is 276 g/mol. The largest absolute Gasteiger partial charge is 0.449 e. The van der Waals surface area contributed by atoms with Crippen molar-refractivity contribution in [2.45, 2.75) is 63.3 Å². The van der Waals surface area contributed by atoms with Crippen LogP contribution in [0, 0.1) is 11.8 Å². The van der Waals surface area contributed by atoms with E-state index >= 15 is 0 Å². The van der Waals surface area contributed by atoms with E-state index < -0.39 is 0 Å². The molecule has 0 aromatic heterocycles. The molecule has 1 aliphatic heterocycles. The average Bonchev–Trinajstić information content (AvgIpc) is 3.25. The van der Waals surface area contributed by atoms with Crippen LogP contribution in [0.5, 0.6) is 0 Å². The molecule has 3 nitrogen and oxygen atoms in total. The highest BCUT2D eigenvalue weighted by molar-refractivity contribution is 5.66. The van der Waals surface area contributed by atoms with Gasteiger partial charge < -0.3 is 9.47 Å². The van der Waals surface area contributed by atoms with E-state index in [9.17, 15) is 4.79 Å². The van der Waals surface area contributed by atoms with Gasteiger partial charge in [-0.05, 0) is 37.7 Å². The fraction of sp³-hybridized carbons (Fsp3) is 0.526. The number of carbonyl (C=O) groups excluding carboxylic acids is 1. The molecule has 1 aliphatic carbocycles. The Morgan fingerprint density at radius 1 is 1.41 bits per heavy atom. The lowest BCUT2D eigenvalue weighted by molar-refractivity contribution is -0.143. The van der Waals surface area contributed by atoms with Crippen molar-refractivity contribution in [3.05, 3.63) is 35.9 Å². The third kappa shape index (κ3) is 3.69. The summed E-state index contributed by atoms with van der Waals surface area (Å²) in [6.45, 7) is 1.44. The first-order valence-electron chi connectivity index (χ1n) is 8.10. The molecule has 3 atom stereocenters. The Labute approximate surface area is 132 Å². The van der Waals surface area contributed by atoms with Crippen molar-refractivity contribution in [3.8, 4) is 11.8 Å². The van der Waals surface area contributed by atoms with Gasteiger partial charge in [0.2, 0.25) is 0 Å². The first-order valence-corrected chi connectivity index (χ1v) is 8.10. The molecule has 0 bridgehead atoms. The summed E-state index contributed by atoms with van der Waals surface area (Å²) in [5.74, 6) is 6.14. The second kappa shape index (κ2) is 6.54. The van der Waals surface area contributed by atoms with Crippen LogP contribution in [0.2, 0.25) is 0 Å². The molecule has 0 spiro atoms. The van der Waals surface area contributed by atoms with Crippen molar-refractivity contribution in [3.63, 3.8) is 0 Å². The summed E-state index contributed by atoms with van der Waals surface area (Å²) in [5.41, 5.74) is 1.00. The predicted octanol–water partition coefficient (Wildman–Crippen LogP) is 3.27. The third-order valence-electron chi connectivity index (χ3n) is 4.37. The van der Waals surface area contributed by atoms with E-state index in [1.807, 2.05) is 18.2 Å².